The van der Waals surface area contributed by atoms with Gasteiger partial charge in [0.05, 0.1) is 6.10 Å². The number of benzene rings is 1. The highest BCUT2D eigenvalue weighted by Gasteiger charge is 2.32. The molecule has 1 saturated heterocycles. The summed E-state index contributed by atoms with van der Waals surface area (Å²) in [5.74, 6) is -0.863. The Kier molecular flexibility index (Phi) is 5.38. The number of halogens is 1. The molecule has 3 heterocycles. The molecule has 1 amide bonds. The Morgan fingerprint density at radius 2 is 2.07 bits per heavy atom. The van der Waals surface area contributed by atoms with Crippen molar-refractivity contribution in [2.75, 3.05) is 13.1 Å². The second-order valence-electron chi connectivity index (χ2n) is 7.52. The molecule has 4 rings (SSSR count). The monoisotopic (exact) mass is 392 g/mol. The number of carbonyl (C=O) groups excluding carboxylic acids is 1. The first-order chi connectivity index (χ1) is 14.0. The molecule has 3 N–H and O–H groups in total. The lowest BCUT2D eigenvalue weighted by atomic mass is 9.86. The van der Waals surface area contributed by atoms with E-state index in [1.54, 1.807) is 4.90 Å². The zero-order valence-corrected chi connectivity index (χ0v) is 16.0. The SMILES string of the molecule is [B]c1cc(F)c2nc(C(=O)N3CCC(Cc4ccccc4CN)C(O)C3)cn2c1. The van der Waals surface area contributed by atoms with Crippen molar-refractivity contribution in [3.05, 3.63) is 65.4 Å². The molecular formula is C21H22BFN4O2. The Morgan fingerprint density at radius 3 is 2.79 bits per heavy atom. The third-order valence-corrected chi connectivity index (χ3v) is 5.58. The second-order valence-corrected chi connectivity index (χ2v) is 7.52. The van der Waals surface area contributed by atoms with Gasteiger partial charge in [-0.2, -0.15) is 0 Å². The van der Waals surface area contributed by atoms with Gasteiger partial charge in [0.25, 0.3) is 5.91 Å². The number of likely N-dealkylation sites (tertiary alicyclic amines) is 1. The standard InChI is InChI=1S/C21H22BFN4O2/c22-16-8-17(23)20-25-18(11-27(20)10-16)21(29)26-6-5-14(19(28)12-26)7-13-3-1-2-4-15(13)9-24/h1-4,8,10-11,14,19,28H,5-7,9,12,24H2. The third-order valence-electron chi connectivity index (χ3n) is 5.58. The molecule has 1 aliphatic heterocycles. The maximum Gasteiger partial charge on any atom is 0.274 e. The predicted octanol–water partition coefficient (Wildman–Crippen LogP) is 0.792. The number of aliphatic hydroxyl groups is 1. The predicted molar refractivity (Wildman–Crippen MR) is 109 cm³/mol. The summed E-state index contributed by atoms with van der Waals surface area (Å²) in [6, 6.07) is 9.12. The molecule has 0 saturated carbocycles. The third kappa shape index (κ3) is 3.90. The van der Waals surface area contributed by atoms with Crippen LogP contribution in [0.5, 0.6) is 0 Å². The fourth-order valence-electron chi connectivity index (χ4n) is 3.98. The lowest BCUT2D eigenvalue weighted by Crippen LogP contribution is -2.47. The molecule has 0 bridgehead atoms. The van der Waals surface area contributed by atoms with Crippen LogP contribution in [-0.2, 0) is 13.0 Å². The minimum absolute atomic E-state index is 0.0464. The van der Waals surface area contributed by atoms with Gasteiger partial charge in [-0.1, -0.05) is 29.7 Å². The van der Waals surface area contributed by atoms with Crippen molar-refractivity contribution in [3.8, 4) is 0 Å². The highest BCUT2D eigenvalue weighted by Crippen LogP contribution is 2.25. The number of aromatic nitrogens is 2. The first-order valence-corrected chi connectivity index (χ1v) is 9.64. The number of β-amino-alcohol motifs (C(OH)–C–C–N with tert-alkyl or cyclic N) is 1. The topological polar surface area (TPSA) is 83.9 Å². The molecule has 8 heteroatoms. The molecule has 1 aliphatic rings. The Balaban J connectivity index is 1.47. The van der Waals surface area contributed by atoms with Crippen LogP contribution in [0.3, 0.4) is 0 Å². The summed E-state index contributed by atoms with van der Waals surface area (Å²) in [6.07, 6.45) is 3.71. The van der Waals surface area contributed by atoms with E-state index in [2.05, 4.69) is 4.98 Å². The van der Waals surface area contributed by atoms with Crippen LogP contribution < -0.4 is 11.2 Å². The molecule has 2 atom stereocenters. The lowest BCUT2D eigenvalue weighted by molar-refractivity contribution is 0.0194. The fraction of sp³-hybridized carbons (Fsp3) is 0.333. The van der Waals surface area contributed by atoms with Gasteiger partial charge in [-0.25, -0.2) is 9.37 Å². The highest BCUT2D eigenvalue weighted by atomic mass is 19.1. The van der Waals surface area contributed by atoms with Gasteiger partial charge in [-0.3, -0.25) is 4.79 Å². The van der Waals surface area contributed by atoms with E-state index in [0.29, 0.717) is 19.5 Å². The van der Waals surface area contributed by atoms with E-state index in [4.69, 9.17) is 13.6 Å². The van der Waals surface area contributed by atoms with Crippen LogP contribution in [0.2, 0.25) is 0 Å². The summed E-state index contributed by atoms with van der Waals surface area (Å²) in [6.45, 7) is 1.18. The zero-order valence-electron chi connectivity index (χ0n) is 16.0. The Labute approximate surface area is 169 Å². The molecule has 2 aromatic heterocycles. The number of piperidine rings is 1. The van der Waals surface area contributed by atoms with E-state index in [-0.39, 0.29) is 35.2 Å². The van der Waals surface area contributed by atoms with Crippen LogP contribution in [0.1, 0.15) is 28.0 Å². The van der Waals surface area contributed by atoms with Crippen molar-refractivity contribution in [2.45, 2.75) is 25.5 Å². The molecule has 29 heavy (non-hydrogen) atoms. The van der Waals surface area contributed by atoms with E-state index in [1.807, 2.05) is 24.3 Å². The van der Waals surface area contributed by atoms with Gasteiger partial charge in [0.2, 0.25) is 0 Å². The molecular weight excluding hydrogens is 370 g/mol. The van der Waals surface area contributed by atoms with E-state index in [0.717, 1.165) is 17.5 Å². The molecule has 0 aliphatic carbocycles. The number of hydrogen-bond acceptors (Lipinski definition) is 4. The minimum atomic E-state index is -0.650. The molecule has 1 aromatic carbocycles. The van der Waals surface area contributed by atoms with Gasteiger partial charge in [-0.05, 0) is 36.0 Å². The van der Waals surface area contributed by atoms with Crippen molar-refractivity contribution in [2.24, 2.45) is 11.7 Å². The van der Waals surface area contributed by atoms with E-state index in [9.17, 15) is 14.3 Å². The molecule has 3 aromatic rings. The quantitative estimate of drug-likeness (QED) is 0.644. The largest absolute Gasteiger partial charge is 0.391 e. The number of nitrogens with two attached hydrogens (primary N) is 1. The number of aliphatic hydroxyl groups excluding tert-OH is 1. The van der Waals surface area contributed by atoms with E-state index in [1.165, 1.54) is 22.9 Å². The molecule has 0 spiro atoms. The minimum Gasteiger partial charge on any atom is -0.391 e. The number of carbonyl (C=O) groups is 1. The average Bonchev–Trinajstić information content (AvgIpc) is 3.13. The van der Waals surface area contributed by atoms with Crippen molar-refractivity contribution in [1.82, 2.24) is 14.3 Å². The van der Waals surface area contributed by atoms with Crippen molar-refractivity contribution in [3.63, 3.8) is 0 Å². The summed E-state index contributed by atoms with van der Waals surface area (Å²) < 4.78 is 15.4. The Morgan fingerprint density at radius 1 is 1.31 bits per heavy atom. The smallest absolute Gasteiger partial charge is 0.274 e. The molecule has 2 radical (unpaired) electrons. The van der Waals surface area contributed by atoms with Crippen molar-refractivity contribution >= 4 is 24.9 Å². The van der Waals surface area contributed by atoms with Crippen LogP contribution in [0.15, 0.2) is 42.7 Å². The number of pyridine rings is 1. The first kappa shape index (κ1) is 19.6. The first-order valence-electron chi connectivity index (χ1n) is 9.64. The zero-order chi connectivity index (χ0) is 20.5. The molecule has 1 fully saturated rings. The lowest BCUT2D eigenvalue weighted by Gasteiger charge is -2.36. The van der Waals surface area contributed by atoms with Crippen molar-refractivity contribution < 1.29 is 14.3 Å². The summed E-state index contributed by atoms with van der Waals surface area (Å²) in [4.78, 5) is 18.5. The second kappa shape index (κ2) is 7.97. The number of rotatable bonds is 4. The Hall–Kier alpha value is -2.71. The van der Waals surface area contributed by atoms with E-state index < -0.39 is 11.9 Å². The van der Waals surface area contributed by atoms with Gasteiger partial charge in [-0.15, -0.1) is 0 Å². The number of hydrogen-bond donors (Lipinski definition) is 2. The summed E-state index contributed by atoms with van der Waals surface area (Å²) >= 11 is 0. The van der Waals surface area contributed by atoms with Crippen LogP contribution in [0.25, 0.3) is 5.65 Å². The summed E-state index contributed by atoms with van der Waals surface area (Å²) in [5, 5.41) is 10.7. The summed E-state index contributed by atoms with van der Waals surface area (Å²) in [7, 11) is 5.65. The van der Waals surface area contributed by atoms with Gasteiger partial charge >= 0.3 is 0 Å². The van der Waals surface area contributed by atoms with Crippen LogP contribution in [-0.4, -0.2) is 52.3 Å². The van der Waals surface area contributed by atoms with Crippen LogP contribution >= 0.6 is 0 Å². The maximum absolute atomic E-state index is 14.0. The molecule has 148 valence electrons. The maximum atomic E-state index is 14.0. The summed E-state index contributed by atoms with van der Waals surface area (Å²) in [5.41, 5.74) is 8.45. The van der Waals surface area contributed by atoms with Gasteiger partial charge in [0.15, 0.2) is 11.5 Å². The van der Waals surface area contributed by atoms with Gasteiger partial charge in [0, 0.05) is 32.0 Å². The number of imidazole rings is 1. The number of nitrogens with zero attached hydrogens (tertiary/aromatic N) is 3. The molecule has 6 nitrogen and oxygen atoms in total. The number of fused-ring (bicyclic) bond motifs is 1. The van der Waals surface area contributed by atoms with Crippen molar-refractivity contribution in [1.29, 1.82) is 0 Å². The van der Waals surface area contributed by atoms with Gasteiger partial charge in [0.1, 0.15) is 13.5 Å². The van der Waals surface area contributed by atoms with Crippen LogP contribution in [0, 0.1) is 11.7 Å². The van der Waals surface area contributed by atoms with Gasteiger partial charge < -0.3 is 20.1 Å². The number of amides is 1. The average molecular weight is 392 g/mol. The normalized spacial score (nSPS) is 19.6. The van der Waals surface area contributed by atoms with Crippen LogP contribution in [0.4, 0.5) is 4.39 Å². The highest BCUT2D eigenvalue weighted by molar-refractivity contribution is 6.32. The Bertz CT molecular complexity index is 1050. The van der Waals surface area contributed by atoms with E-state index >= 15 is 0 Å². The molecule has 2 unspecified atom stereocenters. The fourth-order valence-corrected chi connectivity index (χ4v) is 3.98.